The molecule has 0 aliphatic rings. The molecule has 27 heavy (non-hydrogen) atoms. The van der Waals surface area contributed by atoms with Crippen LogP contribution in [0.3, 0.4) is 0 Å². The number of anilines is 1. The number of fused-ring (bicyclic) bond motifs is 1. The van der Waals surface area contributed by atoms with Gasteiger partial charge in [-0.1, -0.05) is 39.4 Å². The highest BCUT2D eigenvalue weighted by Gasteiger charge is 2.22. The normalized spacial score (nSPS) is 11.1. The topological polar surface area (TPSA) is 45.7 Å². The van der Waals surface area contributed by atoms with Gasteiger partial charge in [-0.15, -0.1) is 0 Å². The Balaban J connectivity index is 1.97. The number of thiazole rings is 1. The summed E-state index contributed by atoms with van der Waals surface area (Å²) in [6.45, 7) is 1.50. The van der Waals surface area contributed by atoms with E-state index >= 15 is 0 Å². The third-order valence-electron chi connectivity index (χ3n) is 4.13. The average molecular weight is 448 g/mol. The van der Waals surface area contributed by atoms with Crippen LogP contribution in [0.25, 0.3) is 10.2 Å². The number of hydrogen-bond donors (Lipinski definition) is 0. The molecule has 3 rings (SSSR count). The molecule has 0 radical (unpaired) electrons. The van der Waals surface area contributed by atoms with Gasteiger partial charge in [0.2, 0.25) is 0 Å². The maximum absolute atomic E-state index is 13.2. The van der Waals surface area contributed by atoms with Crippen molar-refractivity contribution in [1.82, 2.24) is 9.88 Å². The van der Waals surface area contributed by atoms with Crippen molar-refractivity contribution in [1.29, 1.82) is 0 Å². The lowest BCUT2D eigenvalue weighted by atomic mass is 10.2. The van der Waals surface area contributed by atoms with Crippen molar-refractivity contribution in [2.45, 2.75) is 6.42 Å². The van der Waals surface area contributed by atoms with Gasteiger partial charge in [-0.2, -0.15) is 0 Å². The number of carbonyl (C=O) groups excluding carboxylic acids is 1. The fraction of sp³-hybridized carbons (Fsp3) is 0.300. The lowest BCUT2D eigenvalue weighted by molar-refractivity contribution is 0.0986. The quantitative estimate of drug-likeness (QED) is 0.527. The second-order valence-electron chi connectivity index (χ2n) is 6.43. The van der Waals surface area contributed by atoms with Gasteiger partial charge in [0.15, 0.2) is 5.13 Å². The molecule has 0 spiro atoms. The van der Waals surface area contributed by atoms with Crippen molar-refractivity contribution in [3.63, 3.8) is 0 Å². The molecule has 0 unspecified atom stereocenters. The van der Waals surface area contributed by atoms with E-state index in [9.17, 15) is 4.79 Å². The smallest absolute Gasteiger partial charge is 0.260 e. The second-order valence-corrected chi connectivity index (χ2v) is 8.35. The molecule has 0 N–H and O–H groups in total. The third kappa shape index (κ3) is 4.66. The van der Waals surface area contributed by atoms with Crippen molar-refractivity contribution in [3.8, 4) is 5.75 Å². The first-order valence-corrected chi connectivity index (χ1v) is 10.3. The first kappa shape index (κ1) is 19.8. The molecule has 0 aliphatic carbocycles. The van der Waals surface area contributed by atoms with Gasteiger partial charge in [-0.25, -0.2) is 4.98 Å². The Morgan fingerprint density at radius 3 is 2.67 bits per heavy atom. The Labute approximate surface area is 171 Å². The van der Waals surface area contributed by atoms with Gasteiger partial charge >= 0.3 is 0 Å². The van der Waals surface area contributed by atoms with Crippen LogP contribution in [0, 0.1) is 0 Å². The maximum Gasteiger partial charge on any atom is 0.260 e. The van der Waals surface area contributed by atoms with E-state index in [0.717, 1.165) is 33.4 Å². The largest absolute Gasteiger partial charge is 0.494 e. The molecule has 0 saturated carbocycles. The predicted molar refractivity (Wildman–Crippen MR) is 115 cm³/mol. The molecule has 5 nitrogen and oxygen atoms in total. The fourth-order valence-electron chi connectivity index (χ4n) is 2.80. The van der Waals surface area contributed by atoms with Gasteiger partial charge in [0.05, 0.1) is 11.8 Å². The van der Waals surface area contributed by atoms with Crippen LogP contribution in [-0.4, -0.2) is 50.1 Å². The van der Waals surface area contributed by atoms with Crippen molar-refractivity contribution >= 4 is 48.5 Å². The van der Waals surface area contributed by atoms with E-state index in [-0.39, 0.29) is 5.91 Å². The highest BCUT2D eigenvalue weighted by Crippen LogP contribution is 2.34. The lowest BCUT2D eigenvalue weighted by Gasteiger charge is -2.21. The monoisotopic (exact) mass is 447 g/mol. The second kappa shape index (κ2) is 8.82. The zero-order chi connectivity index (χ0) is 19.4. The van der Waals surface area contributed by atoms with E-state index in [2.05, 4.69) is 20.8 Å². The summed E-state index contributed by atoms with van der Waals surface area (Å²) in [4.78, 5) is 21.8. The SMILES string of the molecule is COc1cccc2sc(N(CCCN(C)C)C(=O)c3cccc(Br)c3)nc12. The van der Waals surface area contributed by atoms with E-state index in [0.29, 0.717) is 17.2 Å². The highest BCUT2D eigenvalue weighted by molar-refractivity contribution is 9.10. The van der Waals surface area contributed by atoms with Crippen molar-refractivity contribution in [2.75, 3.05) is 39.2 Å². The Morgan fingerprint density at radius 1 is 1.19 bits per heavy atom. The van der Waals surface area contributed by atoms with E-state index in [1.165, 1.54) is 11.3 Å². The van der Waals surface area contributed by atoms with Gasteiger partial charge in [0.25, 0.3) is 5.91 Å². The van der Waals surface area contributed by atoms with Crippen molar-refractivity contribution < 1.29 is 9.53 Å². The van der Waals surface area contributed by atoms with Crippen LogP contribution in [0.2, 0.25) is 0 Å². The minimum atomic E-state index is -0.0481. The number of hydrogen-bond acceptors (Lipinski definition) is 5. The molecular weight excluding hydrogens is 426 g/mol. The van der Waals surface area contributed by atoms with Gasteiger partial charge in [-0.05, 0) is 57.4 Å². The number of amides is 1. The number of para-hydroxylation sites is 1. The van der Waals surface area contributed by atoms with E-state index < -0.39 is 0 Å². The molecule has 142 valence electrons. The molecular formula is C20H22BrN3O2S. The summed E-state index contributed by atoms with van der Waals surface area (Å²) in [5.41, 5.74) is 1.43. The number of methoxy groups -OCH3 is 1. The Bertz CT molecular complexity index is 942. The molecule has 0 aliphatic heterocycles. The number of nitrogens with zero attached hydrogens (tertiary/aromatic N) is 3. The standard InChI is InChI=1S/C20H22BrN3O2S/c1-23(2)11-6-12-24(19(25)14-7-4-8-15(21)13-14)20-22-18-16(26-3)9-5-10-17(18)27-20/h4-5,7-10,13H,6,11-12H2,1-3H3. The molecule has 3 aromatic rings. The zero-order valence-electron chi connectivity index (χ0n) is 15.6. The van der Waals surface area contributed by atoms with E-state index in [4.69, 9.17) is 9.72 Å². The van der Waals surface area contributed by atoms with Crippen molar-refractivity contribution in [2.24, 2.45) is 0 Å². The summed E-state index contributed by atoms with van der Waals surface area (Å²) in [7, 11) is 5.70. The summed E-state index contributed by atoms with van der Waals surface area (Å²) in [5, 5.41) is 0.693. The number of ether oxygens (including phenoxy) is 1. The predicted octanol–water partition coefficient (Wildman–Crippen LogP) is 4.67. The molecule has 0 saturated heterocycles. The van der Waals surface area contributed by atoms with E-state index in [1.54, 1.807) is 12.0 Å². The first-order chi connectivity index (χ1) is 13.0. The molecule has 1 heterocycles. The Kier molecular flexibility index (Phi) is 6.46. The molecule has 1 aromatic heterocycles. The molecule has 2 aromatic carbocycles. The van der Waals surface area contributed by atoms with Crippen LogP contribution in [-0.2, 0) is 0 Å². The first-order valence-electron chi connectivity index (χ1n) is 8.65. The minimum Gasteiger partial charge on any atom is -0.494 e. The van der Waals surface area contributed by atoms with Crippen molar-refractivity contribution in [3.05, 3.63) is 52.5 Å². The van der Waals surface area contributed by atoms with Crippen LogP contribution in [0.5, 0.6) is 5.75 Å². The number of aromatic nitrogens is 1. The fourth-order valence-corrected chi connectivity index (χ4v) is 4.20. The van der Waals surface area contributed by atoms with Crippen LogP contribution in [0.4, 0.5) is 5.13 Å². The molecule has 7 heteroatoms. The third-order valence-corrected chi connectivity index (χ3v) is 5.66. The average Bonchev–Trinajstić information content (AvgIpc) is 3.08. The number of halogens is 1. The van der Waals surface area contributed by atoms with Gasteiger partial charge in [0.1, 0.15) is 11.3 Å². The maximum atomic E-state index is 13.2. The zero-order valence-corrected chi connectivity index (χ0v) is 18.0. The highest BCUT2D eigenvalue weighted by atomic mass is 79.9. The summed E-state index contributed by atoms with van der Waals surface area (Å²) in [6.07, 6.45) is 0.861. The summed E-state index contributed by atoms with van der Waals surface area (Å²) in [6, 6.07) is 13.3. The summed E-state index contributed by atoms with van der Waals surface area (Å²) in [5.74, 6) is 0.672. The van der Waals surface area contributed by atoms with Crippen LogP contribution >= 0.6 is 27.3 Å². The molecule has 0 atom stereocenters. The van der Waals surface area contributed by atoms with Gasteiger partial charge in [-0.3, -0.25) is 9.69 Å². The number of benzene rings is 2. The Hall–Kier alpha value is -1.96. The van der Waals surface area contributed by atoms with Crippen LogP contribution in [0.1, 0.15) is 16.8 Å². The summed E-state index contributed by atoms with van der Waals surface area (Å²) >= 11 is 4.96. The molecule has 0 fully saturated rings. The minimum absolute atomic E-state index is 0.0481. The molecule has 0 bridgehead atoms. The lowest BCUT2D eigenvalue weighted by Crippen LogP contribution is -2.33. The van der Waals surface area contributed by atoms with E-state index in [1.807, 2.05) is 56.6 Å². The molecule has 1 amide bonds. The number of carbonyl (C=O) groups is 1. The van der Waals surface area contributed by atoms with Crippen LogP contribution in [0.15, 0.2) is 46.9 Å². The van der Waals surface area contributed by atoms with Gasteiger partial charge in [0, 0.05) is 16.6 Å². The Morgan fingerprint density at radius 2 is 1.96 bits per heavy atom. The van der Waals surface area contributed by atoms with Crippen LogP contribution < -0.4 is 9.64 Å². The van der Waals surface area contributed by atoms with Gasteiger partial charge < -0.3 is 9.64 Å². The summed E-state index contributed by atoms with van der Waals surface area (Å²) < 4.78 is 7.31. The number of rotatable bonds is 7.